The van der Waals surface area contributed by atoms with Gasteiger partial charge < -0.3 is 14.4 Å². The molecule has 1 aromatic rings. The fourth-order valence-electron chi connectivity index (χ4n) is 5.00. The van der Waals surface area contributed by atoms with Crippen molar-refractivity contribution in [1.29, 1.82) is 0 Å². The Balaban J connectivity index is 1.29. The second-order valence-electron chi connectivity index (χ2n) is 8.04. The molecule has 2 atom stereocenters. The fraction of sp³-hybridized carbons (Fsp3) is 0.375. The number of nitrogens with zero attached hydrogens (tertiary/aromatic N) is 1. The lowest BCUT2D eigenvalue weighted by molar-refractivity contribution is -0.135. The van der Waals surface area contributed by atoms with E-state index in [2.05, 4.69) is 41.3 Å². The maximum absolute atomic E-state index is 13.3. The zero-order valence-corrected chi connectivity index (χ0v) is 15.9. The van der Waals surface area contributed by atoms with Crippen LogP contribution >= 0.6 is 0 Å². The molecule has 1 amide bonds. The molecule has 2 saturated heterocycles. The second-order valence-corrected chi connectivity index (χ2v) is 8.04. The molecule has 2 fully saturated rings. The molecule has 4 aliphatic rings. The first-order chi connectivity index (χ1) is 13.8. The van der Waals surface area contributed by atoms with Crippen LogP contribution in [-0.2, 0) is 14.3 Å². The number of ether oxygens (including phenoxy) is 2. The third-order valence-electron chi connectivity index (χ3n) is 6.35. The molecule has 1 aromatic carbocycles. The van der Waals surface area contributed by atoms with Gasteiger partial charge in [-0.1, -0.05) is 48.6 Å². The van der Waals surface area contributed by atoms with Gasteiger partial charge in [-0.15, -0.1) is 0 Å². The van der Waals surface area contributed by atoms with E-state index in [0.29, 0.717) is 17.4 Å². The molecule has 4 heteroatoms. The quantitative estimate of drug-likeness (QED) is 0.752. The predicted molar refractivity (Wildman–Crippen MR) is 107 cm³/mol. The Hall–Kier alpha value is -2.75. The van der Waals surface area contributed by atoms with Gasteiger partial charge in [-0.25, -0.2) is 0 Å². The summed E-state index contributed by atoms with van der Waals surface area (Å²) in [4.78, 5) is 15.3. The maximum atomic E-state index is 13.3. The number of piperidine rings is 1. The van der Waals surface area contributed by atoms with Crippen LogP contribution in [0.2, 0.25) is 0 Å². The summed E-state index contributed by atoms with van der Waals surface area (Å²) in [6.45, 7) is 0. The Morgan fingerprint density at radius 1 is 1.04 bits per heavy atom. The van der Waals surface area contributed by atoms with Gasteiger partial charge in [0.25, 0.3) is 5.91 Å². The average Bonchev–Trinajstić information content (AvgIpc) is 3.03. The highest BCUT2D eigenvalue weighted by Gasteiger charge is 2.45. The summed E-state index contributed by atoms with van der Waals surface area (Å²) >= 11 is 0. The van der Waals surface area contributed by atoms with Gasteiger partial charge in [0, 0.05) is 12.1 Å². The van der Waals surface area contributed by atoms with E-state index in [1.54, 1.807) is 6.26 Å². The fourth-order valence-corrected chi connectivity index (χ4v) is 5.00. The molecule has 0 saturated carbocycles. The summed E-state index contributed by atoms with van der Waals surface area (Å²) in [6.07, 6.45) is 15.3. The lowest BCUT2D eigenvalue weighted by Crippen LogP contribution is -2.47. The Labute approximate surface area is 165 Å². The number of fused-ring (bicyclic) bond motifs is 2. The van der Waals surface area contributed by atoms with E-state index in [4.69, 9.17) is 9.47 Å². The molecule has 3 aliphatic heterocycles. The number of amides is 1. The third kappa shape index (κ3) is 3.17. The minimum Gasteiger partial charge on any atom is -0.465 e. The van der Waals surface area contributed by atoms with Crippen molar-refractivity contribution < 1.29 is 14.3 Å². The van der Waals surface area contributed by atoms with Crippen LogP contribution in [-0.4, -0.2) is 22.9 Å². The highest BCUT2D eigenvalue weighted by molar-refractivity contribution is 5.92. The van der Waals surface area contributed by atoms with Crippen LogP contribution in [0.4, 0.5) is 0 Å². The Morgan fingerprint density at radius 3 is 2.54 bits per heavy atom. The summed E-state index contributed by atoms with van der Waals surface area (Å²) in [5, 5.41) is 0. The molecule has 4 nitrogen and oxygen atoms in total. The summed E-state index contributed by atoms with van der Waals surface area (Å²) in [7, 11) is 0. The van der Waals surface area contributed by atoms with E-state index in [-0.39, 0.29) is 18.0 Å². The predicted octanol–water partition coefficient (Wildman–Crippen LogP) is 4.93. The number of hydrogen-bond donors (Lipinski definition) is 0. The van der Waals surface area contributed by atoms with Crippen molar-refractivity contribution in [2.45, 2.75) is 56.5 Å². The van der Waals surface area contributed by atoms with E-state index >= 15 is 0 Å². The first-order valence-electron chi connectivity index (χ1n) is 10.3. The lowest BCUT2D eigenvalue weighted by atomic mass is 9.85. The molecule has 0 aromatic heterocycles. The van der Waals surface area contributed by atoms with Crippen LogP contribution in [0.5, 0.6) is 0 Å². The lowest BCUT2D eigenvalue weighted by Gasteiger charge is -2.39. The van der Waals surface area contributed by atoms with E-state index in [1.807, 2.05) is 12.2 Å². The van der Waals surface area contributed by atoms with Crippen molar-refractivity contribution in [2.75, 3.05) is 0 Å². The van der Waals surface area contributed by atoms with Crippen LogP contribution in [0.25, 0.3) is 0 Å². The number of carbonyl (C=O) groups is 1. The second kappa shape index (κ2) is 7.34. The van der Waals surface area contributed by atoms with Crippen molar-refractivity contribution in [3.05, 3.63) is 83.7 Å². The van der Waals surface area contributed by atoms with Crippen LogP contribution in [0, 0.1) is 0 Å². The number of benzene rings is 1. The van der Waals surface area contributed by atoms with Gasteiger partial charge in [-0.3, -0.25) is 4.79 Å². The van der Waals surface area contributed by atoms with Crippen LogP contribution in [0.3, 0.4) is 0 Å². The van der Waals surface area contributed by atoms with Gasteiger partial charge in [0.15, 0.2) is 5.76 Å². The molecule has 2 unspecified atom stereocenters. The highest BCUT2D eigenvalue weighted by atomic mass is 16.5. The maximum Gasteiger partial charge on any atom is 0.293 e. The molecule has 0 radical (unpaired) electrons. The topological polar surface area (TPSA) is 38.8 Å². The van der Waals surface area contributed by atoms with Crippen LogP contribution in [0.15, 0.2) is 78.2 Å². The van der Waals surface area contributed by atoms with Gasteiger partial charge in [0.05, 0.1) is 0 Å². The van der Waals surface area contributed by atoms with Gasteiger partial charge in [-0.05, 0) is 55.6 Å². The van der Waals surface area contributed by atoms with Crippen molar-refractivity contribution in [2.24, 2.45) is 0 Å². The van der Waals surface area contributed by atoms with Crippen molar-refractivity contribution in [1.82, 2.24) is 4.90 Å². The number of rotatable bonds is 3. The molecule has 3 heterocycles. The van der Waals surface area contributed by atoms with Crippen molar-refractivity contribution in [3.63, 3.8) is 0 Å². The molecule has 5 rings (SSSR count). The Morgan fingerprint density at radius 2 is 1.82 bits per heavy atom. The largest absolute Gasteiger partial charge is 0.465 e. The summed E-state index contributed by atoms with van der Waals surface area (Å²) in [5.74, 6) is 1.47. The molecule has 0 N–H and O–H groups in total. The monoisotopic (exact) mass is 375 g/mol. The molecule has 2 bridgehead atoms. The van der Waals surface area contributed by atoms with Gasteiger partial charge in [0.1, 0.15) is 12.5 Å². The SMILES string of the molecule is O=C(C1=COC=C(C2=CC=CCC2)O1)N1C2CCC1CC(c1ccccc1)C2. The van der Waals surface area contributed by atoms with E-state index in [0.717, 1.165) is 44.1 Å². The first kappa shape index (κ1) is 17.4. The summed E-state index contributed by atoms with van der Waals surface area (Å²) in [6, 6.07) is 11.3. The third-order valence-corrected chi connectivity index (χ3v) is 6.35. The van der Waals surface area contributed by atoms with Crippen LogP contribution < -0.4 is 0 Å². The van der Waals surface area contributed by atoms with Crippen molar-refractivity contribution in [3.8, 4) is 0 Å². The highest BCUT2D eigenvalue weighted by Crippen LogP contribution is 2.44. The smallest absolute Gasteiger partial charge is 0.293 e. The van der Waals surface area contributed by atoms with E-state index in [1.165, 1.54) is 11.8 Å². The van der Waals surface area contributed by atoms with Gasteiger partial charge in [-0.2, -0.15) is 0 Å². The minimum absolute atomic E-state index is 0.0310. The summed E-state index contributed by atoms with van der Waals surface area (Å²) in [5.41, 5.74) is 2.47. The Kier molecular flexibility index (Phi) is 4.55. The standard InChI is InChI=1S/C24H25NO3/c26-24(23-16-27-15-22(28-23)18-9-5-2-6-10-18)25-20-11-12-21(25)14-19(13-20)17-7-3-1-4-8-17/h1-5,7-9,15-16,19-21H,6,10-14H2. The van der Waals surface area contributed by atoms with E-state index < -0.39 is 0 Å². The van der Waals surface area contributed by atoms with Crippen LogP contribution in [0.1, 0.15) is 50.0 Å². The molecular weight excluding hydrogens is 350 g/mol. The number of allylic oxidation sites excluding steroid dienone is 4. The normalized spacial score (nSPS) is 28.6. The molecule has 1 aliphatic carbocycles. The number of carbonyl (C=O) groups excluding carboxylic acids is 1. The Bertz CT molecular complexity index is 866. The molecule has 0 spiro atoms. The number of hydrogen-bond acceptors (Lipinski definition) is 3. The minimum atomic E-state index is -0.0310. The molecule has 144 valence electrons. The van der Waals surface area contributed by atoms with Gasteiger partial charge in [0.2, 0.25) is 5.76 Å². The van der Waals surface area contributed by atoms with Crippen molar-refractivity contribution >= 4 is 5.91 Å². The van der Waals surface area contributed by atoms with E-state index in [9.17, 15) is 4.79 Å². The molecular formula is C24H25NO3. The summed E-state index contributed by atoms with van der Waals surface area (Å²) < 4.78 is 11.5. The zero-order chi connectivity index (χ0) is 18.9. The van der Waals surface area contributed by atoms with Gasteiger partial charge >= 0.3 is 0 Å². The first-order valence-corrected chi connectivity index (χ1v) is 10.3. The zero-order valence-electron chi connectivity index (χ0n) is 15.9. The average molecular weight is 375 g/mol. The molecule has 28 heavy (non-hydrogen) atoms.